The number of ether oxygens (including phenoxy) is 1. The summed E-state index contributed by atoms with van der Waals surface area (Å²) < 4.78 is 5.84. The van der Waals surface area contributed by atoms with Crippen LogP contribution in [0.4, 0.5) is 0 Å². The molecular formula is C19H26N2OS. The van der Waals surface area contributed by atoms with Crippen molar-refractivity contribution in [1.29, 1.82) is 0 Å². The van der Waals surface area contributed by atoms with Crippen molar-refractivity contribution in [3.8, 4) is 0 Å². The van der Waals surface area contributed by atoms with Crippen LogP contribution in [-0.2, 0) is 24.4 Å². The van der Waals surface area contributed by atoms with Gasteiger partial charge in [0.1, 0.15) is 0 Å². The predicted molar refractivity (Wildman–Crippen MR) is 96.6 cm³/mol. The first-order chi connectivity index (χ1) is 11.2. The van der Waals surface area contributed by atoms with Gasteiger partial charge in [0.2, 0.25) is 0 Å². The number of morpholine rings is 1. The van der Waals surface area contributed by atoms with Crippen LogP contribution in [0.1, 0.15) is 29.9 Å². The van der Waals surface area contributed by atoms with E-state index in [1.807, 2.05) is 0 Å². The molecule has 0 aliphatic carbocycles. The van der Waals surface area contributed by atoms with Crippen molar-refractivity contribution in [2.75, 3.05) is 13.1 Å². The summed E-state index contributed by atoms with van der Waals surface area (Å²) in [6.45, 7) is 9.23. The molecule has 124 valence electrons. The van der Waals surface area contributed by atoms with Gasteiger partial charge in [-0.2, -0.15) is 0 Å². The van der Waals surface area contributed by atoms with Crippen molar-refractivity contribution in [2.45, 2.75) is 45.7 Å². The Morgan fingerprint density at radius 3 is 2.48 bits per heavy atom. The molecule has 1 aromatic carbocycles. The van der Waals surface area contributed by atoms with E-state index in [0.29, 0.717) is 12.2 Å². The molecule has 3 rings (SSSR count). The molecule has 0 spiro atoms. The molecule has 0 saturated carbocycles. The fourth-order valence-electron chi connectivity index (χ4n) is 3.27. The summed E-state index contributed by atoms with van der Waals surface area (Å²) in [4.78, 5) is 3.90. The highest BCUT2D eigenvalue weighted by molar-refractivity contribution is 7.09. The molecule has 2 atom stereocenters. The number of nitrogens with one attached hydrogen (secondary N) is 1. The summed E-state index contributed by atoms with van der Waals surface area (Å²) >= 11 is 1.81. The second-order valence-corrected chi connectivity index (χ2v) is 7.44. The second-order valence-electron chi connectivity index (χ2n) is 6.40. The first-order valence-corrected chi connectivity index (χ1v) is 9.26. The first kappa shape index (κ1) is 16.7. The van der Waals surface area contributed by atoms with Crippen LogP contribution in [0, 0.1) is 0 Å². The Kier molecular flexibility index (Phi) is 5.84. The number of thiophene rings is 1. The normalized spacial score (nSPS) is 22.3. The van der Waals surface area contributed by atoms with Crippen LogP contribution in [-0.4, -0.2) is 30.2 Å². The Hall–Kier alpha value is -1.20. The van der Waals surface area contributed by atoms with E-state index in [0.717, 1.165) is 32.7 Å². The van der Waals surface area contributed by atoms with Crippen molar-refractivity contribution >= 4 is 11.3 Å². The van der Waals surface area contributed by atoms with Crippen molar-refractivity contribution in [3.63, 3.8) is 0 Å². The summed E-state index contributed by atoms with van der Waals surface area (Å²) in [5, 5.41) is 5.70. The SMILES string of the molecule is C[C@@H]1CN(Cc2ccccc2CNCc2cccs2)C[C@H](C)O1. The van der Waals surface area contributed by atoms with Gasteiger partial charge in [0.05, 0.1) is 12.2 Å². The summed E-state index contributed by atoms with van der Waals surface area (Å²) in [6.07, 6.45) is 0.644. The molecule has 4 heteroatoms. The van der Waals surface area contributed by atoms with Crippen molar-refractivity contribution in [2.24, 2.45) is 0 Å². The lowest BCUT2D eigenvalue weighted by Gasteiger charge is -2.35. The molecule has 1 aromatic heterocycles. The third-order valence-electron chi connectivity index (χ3n) is 4.20. The van der Waals surface area contributed by atoms with Gasteiger partial charge in [-0.15, -0.1) is 11.3 Å². The Morgan fingerprint density at radius 1 is 1.04 bits per heavy atom. The molecule has 3 nitrogen and oxygen atoms in total. The highest BCUT2D eigenvalue weighted by Crippen LogP contribution is 2.17. The average molecular weight is 330 g/mol. The zero-order chi connectivity index (χ0) is 16.1. The van der Waals surface area contributed by atoms with Crippen molar-refractivity contribution in [3.05, 3.63) is 57.8 Å². The molecule has 0 amide bonds. The molecule has 0 unspecified atom stereocenters. The van der Waals surface area contributed by atoms with E-state index < -0.39 is 0 Å². The maximum atomic E-state index is 5.84. The maximum absolute atomic E-state index is 5.84. The Morgan fingerprint density at radius 2 is 1.78 bits per heavy atom. The minimum Gasteiger partial charge on any atom is -0.373 e. The van der Waals surface area contributed by atoms with Gasteiger partial charge in [0.15, 0.2) is 0 Å². The highest BCUT2D eigenvalue weighted by Gasteiger charge is 2.22. The largest absolute Gasteiger partial charge is 0.373 e. The number of nitrogens with zero attached hydrogens (tertiary/aromatic N) is 1. The van der Waals surface area contributed by atoms with Gasteiger partial charge in [0, 0.05) is 37.6 Å². The number of hydrogen-bond acceptors (Lipinski definition) is 4. The summed E-state index contributed by atoms with van der Waals surface area (Å²) in [5.41, 5.74) is 2.82. The highest BCUT2D eigenvalue weighted by atomic mass is 32.1. The van der Waals surface area contributed by atoms with E-state index in [9.17, 15) is 0 Å². The van der Waals surface area contributed by atoms with E-state index in [4.69, 9.17) is 4.74 Å². The lowest BCUT2D eigenvalue weighted by Crippen LogP contribution is -2.45. The molecule has 1 aliphatic rings. The molecule has 2 heterocycles. The monoisotopic (exact) mass is 330 g/mol. The van der Waals surface area contributed by atoms with Crippen LogP contribution in [0.5, 0.6) is 0 Å². The third-order valence-corrected chi connectivity index (χ3v) is 5.08. The maximum Gasteiger partial charge on any atom is 0.0678 e. The van der Waals surface area contributed by atoms with E-state index in [-0.39, 0.29) is 0 Å². The zero-order valence-corrected chi connectivity index (χ0v) is 14.8. The van der Waals surface area contributed by atoms with Crippen LogP contribution in [0.15, 0.2) is 41.8 Å². The molecule has 0 bridgehead atoms. The van der Waals surface area contributed by atoms with Gasteiger partial charge in [-0.3, -0.25) is 4.90 Å². The molecule has 1 saturated heterocycles. The minimum atomic E-state index is 0.322. The van der Waals surface area contributed by atoms with Crippen LogP contribution in [0.3, 0.4) is 0 Å². The molecule has 1 fully saturated rings. The molecule has 1 aliphatic heterocycles. The summed E-state index contributed by atoms with van der Waals surface area (Å²) in [6, 6.07) is 13.1. The fraction of sp³-hybridized carbons (Fsp3) is 0.474. The Bertz CT molecular complexity index is 589. The Balaban J connectivity index is 1.58. The van der Waals surface area contributed by atoms with Gasteiger partial charge in [-0.25, -0.2) is 0 Å². The number of hydrogen-bond donors (Lipinski definition) is 1. The zero-order valence-electron chi connectivity index (χ0n) is 14.0. The number of rotatable bonds is 6. The number of benzene rings is 1. The summed E-state index contributed by atoms with van der Waals surface area (Å²) in [7, 11) is 0. The lowest BCUT2D eigenvalue weighted by atomic mass is 10.1. The van der Waals surface area contributed by atoms with Crippen LogP contribution >= 0.6 is 11.3 Å². The topological polar surface area (TPSA) is 24.5 Å². The van der Waals surface area contributed by atoms with E-state index >= 15 is 0 Å². The quantitative estimate of drug-likeness (QED) is 0.875. The molecule has 2 aromatic rings. The lowest BCUT2D eigenvalue weighted by molar-refractivity contribution is -0.0705. The van der Waals surface area contributed by atoms with E-state index in [1.165, 1.54) is 16.0 Å². The summed E-state index contributed by atoms with van der Waals surface area (Å²) in [5.74, 6) is 0. The van der Waals surface area contributed by atoms with Crippen molar-refractivity contribution < 1.29 is 4.74 Å². The van der Waals surface area contributed by atoms with E-state index in [2.05, 4.69) is 65.8 Å². The molecule has 1 N–H and O–H groups in total. The van der Waals surface area contributed by atoms with Gasteiger partial charge >= 0.3 is 0 Å². The predicted octanol–water partition coefficient (Wildman–Crippen LogP) is 3.65. The van der Waals surface area contributed by atoms with Gasteiger partial charge in [-0.1, -0.05) is 30.3 Å². The van der Waals surface area contributed by atoms with Crippen molar-refractivity contribution in [1.82, 2.24) is 10.2 Å². The van der Waals surface area contributed by atoms with Gasteiger partial charge < -0.3 is 10.1 Å². The van der Waals surface area contributed by atoms with Crippen LogP contribution in [0.25, 0.3) is 0 Å². The molecule has 0 radical (unpaired) electrons. The molecular weight excluding hydrogens is 304 g/mol. The fourth-order valence-corrected chi connectivity index (χ4v) is 3.95. The smallest absolute Gasteiger partial charge is 0.0678 e. The van der Waals surface area contributed by atoms with Crippen LogP contribution < -0.4 is 5.32 Å². The third kappa shape index (κ3) is 4.88. The molecule has 23 heavy (non-hydrogen) atoms. The van der Waals surface area contributed by atoms with Gasteiger partial charge in [0.25, 0.3) is 0 Å². The minimum absolute atomic E-state index is 0.322. The first-order valence-electron chi connectivity index (χ1n) is 8.38. The van der Waals surface area contributed by atoms with Gasteiger partial charge in [-0.05, 0) is 36.4 Å². The second kappa shape index (κ2) is 8.06. The van der Waals surface area contributed by atoms with E-state index in [1.54, 1.807) is 11.3 Å². The average Bonchev–Trinajstić information content (AvgIpc) is 3.01. The standard InChI is InChI=1S/C19H26N2OS/c1-15-12-21(13-16(2)22-15)14-18-7-4-3-6-17(18)10-20-11-19-8-5-9-23-19/h3-9,15-16,20H,10-14H2,1-2H3/t15-,16+. The van der Waals surface area contributed by atoms with Crippen LogP contribution in [0.2, 0.25) is 0 Å². The Labute approximate surface area is 143 Å².